The summed E-state index contributed by atoms with van der Waals surface area (Å²) in [6.45, 7) is 2.14. The molecule has 4 aromatic rings. The fourth-order valence-corrected chi connectivity index (χ4v) is 4.21. The molecule has 2 atom stereocenters. The predicted molar refractivity (Wildman–Crippen MR) is 97.6 cm³/mol. The summed E-state index contributed by atoms with van der Waals surface area (Å²) in [4.78, 5) is 7.59. The second-order valence-corrected chi connectivity index (χ2v) is 7.29. The normalized spacial score (nSPS) is 20.7. The number of nitrogens with zero attached hydrogens (tertiary/aromatic N) is 4. The Morgan fingerprint density at radius 2 is 2.00 bits per heavy atom. The third-order valence-electron chi connectivity index (χ3n) is 5.52. The van der Waals surface area contributed by atoms with Crippen LogP contribution in [-0.4, -0.2) is 24.6 Å². The molecular formula is C20H21N5. The molecule has 0 bridgehead atoms. The molecule has 1 aliphatic carbocycles. The van der Waals surface area contributed by atoms with Gasteiger partial charge in [0.15, 0.2) is 11.3 Å². The summed E-state index contributed by atoms with van der Waals surface area (Å²) >= 11 is 0. The Bertz CT molecular complexity index is 1030. The van der Waals surface area contributed by atoms with E-state index in [-0.39, 0.29) is 0 Å². The molecule has 0 amide bonds. The molecule has 1 saturated carbocycles. The van der Waals surface area contributed by atoms with Crippen molar-refractivity contribution in [3.8, 4) is 0 Å². The highest BCUT2D eigenvalue weighted by Gasteiger charge is 2.29. The van der Waals surface area contributed by atoms with Crippen molar-refractivity contribution in [3.63, 3.8) is 0 Å². The van der Waals surface area contributed by atoms with E-state index in [2.05, 4.69) is 61.8 Å². The smallest absolute Gasteiger partial charge is 0.179 e. The van der Waals surface area contributed by atoms with Crippen LogP contribution in [0.1, 0.15) is 42.1 Å². The zero-order chi connectivity index (χ0) is 16.8. The summed E-state index contributed by atoms with van der Waals surface area (Å²) in [7, 11) is 0. The number of hydrogen-bond donors (Lipinski definition) is 1. The predicted octanol–water partition coefficient (Wildman–Crippen LogP) is 4.04. The van der Waals surface area contributed by atoms with Crippen molar-refractivity contribution in [2.45, 2.75) is 38.5 Å². The van der Waals surface area contributed by atoms with E-state index in [4.69, 9.17) is 0 Å². The zero-order valence-corrected chi connectivity index (χ0v) is 14.3. The number of hydrogen-bond acceptors (Lipinski definition) is 3. The molecule has 1 aromatic carbocycles. The second-order valence-electron chi connectivity index (χ2n) is 7.29. The molecule has 0 aliphatic heterocycles. The van der Waals surface area contributed by atoms with Crippen molar-refractivity contribution in [3.05, 3.63) is 59.7 Å². The molecule has 1 N–H and O–H groups in total. The van der Waals surface area contributed by atoms with E-state index in [0.29, 0.717) is 5.92 Å². The molecule has 0 saturated heterocycles. The molecule has 0 radical (unpaired) electrons. The number of nitrogens with one attached hydrogen (secondary N) is 1. The minimum absolute atomic E-state index is 0.478. The van der Waals surface area contributed by atoms with Gasteiger partial charge < -0.3 is 4.98 Å². The van der Waals surface area contributed by atoms with Crippen molar-refractivity contribution in [1.29, 1.82) is 0 Å². The molecule has 5 heteroatoms. The molecule has 0 spiro atoms. The molecule has 25 heavy (non-hydrogen) atoms. The summed E-state index contributed by atoms with van der Waals surface area (Å²) < 4.78 is 2.18. The molecule has 3 heterocycles. The van der Waals surface area contributed by atoms with Gasteiger partial charge in [0.05, 0.1) is 11.7 Å². The first-order chi connectivity index (χ1) is 12.3. The maximum atomic E-state index is 4.52. The lowest BCUT2D eigenvalue weighted by molar-refractivity contribution is 0.530. The minimum Gasteiger partial charge on any atom is -0.345 e. The van der Waals surface area contributed by atoms with Gasteiger partial charge in [0, 0.05) is 12.1 Å². The van der Waals surface area contributed by atoms with Crippen molar-refractivity contribution in [2.75, 3.05) is 0 Å². The van der Waals surface area contributed by atoms with E-state index in [0.717, 1.165) is 35.0 Å². The molecule has 1 aliphatic rings. The van der Waals surface area contributed by atoms with Gasteiger partial charge in [0.2, 0.25) is 0 Å². The lowest BCUT2D eigenvalue weighted by atomic mass is 9.96. The SMILES string of the molecule is Cc1ccc(C[C@@H]2CC[C@@H](c3nnc4cnc5[nH]ccc5n34)C2)cc1. The molecular weight excluding hydrogens is 310 g/mol. The largest absolute Gasteiger partial charge is 0.345 e. The van der Waals surface area contributed by atoms with Crippen LogP contribution in [-0.2, 0) is 6.42 Å². The van der Waals surface area contributed by atoms with E-state index >= 15 is 0 Å². The topological polar surface area (TPSA) is 58.9 Å². The number of aromatic nitrogens is 5. The van der Waals surface area contributed by atoms with Crippen LogP contribution in [0.15, 0.2) is 42.7 Å². The fourth-order valence-electron chi connectivity index (χ4n) is 4.21. The van der Waals surface area contributed by atoms with Gasteiger partial charge in [-0.15, -0.1) is 10.2 Å². The van der Waals surface area contributed by atoms with Crippen LogP contribution in [0, 0.1) is 12.8 Å². The maximum absolute atomic E-state index is 4.52. The highest BCUT2D eigenvalue weighted by Crippen LogP contribution is 2.39. The summed E-state index contributed by atoms with van der Waals surface area (Å²) in [5.74, 6) is 2.29. The first kappa shape index (κ1) is 14.6. The number of aromatic amines is 1. The number of benzene rings is 1. The van der Waals surface area contributed by atoms with Gasteiger partial charge in [-0.25, -0.2) is 4.98 Å². The van der Waals surface area contributed by atoms with Gasteiger partial charge in [-0.2, -0.15) is 0 Å². The summed E-state index contributed by atoms with van der Waals surface area (Å²) in [6, 6.07) is 11.0. The van der Waals surface area contributed by atoms with Crippen LogP contribution in [0.3, 0.4) is 0 Å². The third-order valence-corrected chi connectivity index (χ3v) is 5.52. The van der Waals surface area contributed by atoms with Crippen LogP contribution in [0.4, 0.5) is 0 Å². The molecule has 1 fully saturated rings. The Balaban J connectivity index is 1.42. The average Bonchev–Trinajstić information content (AvgIpc) is 3.34. The zero-order valence-electron chi connectivity index (χ0n) is 14.3. The number of aryl methyl sites for hydroxylation is 1. The lowest BCUT2D eigenvalue weighted by Gasteiger charge is -2.11. The Morgan fingerprint density at radius 1 is 1.12 bits per heavy atom. The van der Waals surface area contributed by atoms with E-state index in [1.165, 1.54) is 30.4 Å². The van der Waals surface area contributed by atoms with Crippen molar-refractivity contribution >= 4 is 16.8 Å². The highest BCUT2D eigenvalue weighted by molar-refractivity contribution is 5.74. The van der Waals surface area contributed by atoms with Crippen LogP contribution in [0.5, 0.6) is 0 Å². The Morgan fingerprint density at radius 3 is 2.88 bits per heavy atom. The number of H-pyrrole nitrogens is 1. The summed E-state index contributed by atoms with van der Waals surface area (Å²) in [5.41, 5.74) is 5.57. The Hall–Kier alpha value is -2.69. The van der Waals surface area contributed by atoms with Crippen LogP contribution in [0.25, 0.3) is 16.8 Å². The van der Waals surface area contributed by atoms with Gasteiger partial charge in [0.25, 0.3) is 0 Å². The second kappa shape index (κ2) is 5.69. The van der Waals surface area contributed by atoms with E-state index in [9.17, 15) is 0 Å². The average molecular weight is 331 g/mol. The first-order valence-electron chi connectivity index (χ1n) is 9.00. The quantitative estimate of drug-likeness (QED) is 0.616. The first-order valence-corrected chi connectivity index (χ1v) is 9.00. The Labute approximate surface area is 146 Å². The van der Waals surface area contributed by atoms with E-state index < -0.39 is 0 Å². The van der Waals surface area contributed by atoms with Crippen LogP contribution in [0.2, 0.25) is 0 Å². The summed E-state index contributed by atoms with van der Waals surface area (Å²) in [5, 5.41) is 8.87. The van der Waals surface area contributed by atoms with E-state index in [1.807, 2.05) is 6.20 Å². The van der Waals surface area contributed by atoms with Gasteiger partial charge in [-0.1, -0.05) is 29.8 Å². The fraction of sp³-hybridized carbons (Fsp3) is 0.350. The lowest BCUT2D eigenvalue weighted by Crippen LogP contribution is -2.04. The number of fused-ring (bicyclic) bond motifs is 3. The third kappa shape index (κ3) is 2.51. The molecule has 126 valence electrons. The molecule has 5 rings (SSSR count). The van der Waals surface area contributed by atoms with Crippen molar-refractivity contribution in [1.82, 2.24) is 24.6 Å². The molecule has 0 unspecified atom stereocenters. The van der Waals surface area contributed by atoms with Gasteiger partial charge in [0.1, 0.15) is 5.82 Å². The maximum Gasteiger partial charge on any atom is 0.179 e. The van der Waals surface area contributed by atoms with Crippen molar-refractivity contribution < 1.29 is 0 Å². The van der Waals surface area contributed by atoms with E-state index in [1.54, 1.807) is 6.20 Å². The van der Waals surface area contributed by atoms with Gasteiger partial charge >= 0.3 is 0 Å². The monoisotopic (exact) mass is 331 g/mol. The van der Waals surface area contributed by atoms with Crippen LogP contribution < -0.4 is 0 Å². The van der Waals surface area contributed by atoms with Gasteiger partial charge in [-0.3, -0.25) is 4.40 Å². The minimum atomic E-state index is 0.478. The number of rotatable bonds is 3. The molecule has 3 aromatic heterocycles. The highest BCUT2D eigenvalue weighted by atomic mass is 15.3. The van der Waals surface area contributed by atoms with Crippen molar-refractivity contribution in [2.24, 2.45) is 5.92 Å². The van der Waals surface area contributed by atoms with Gasteiger partial charge in [-0.05, 0) is 50.2 Å². The standard InChI is InChI=1S/C20H21N5/c1-13-2-4-14(5-3-13)10-15-6-7-16(11-15)20-24-23-18-12-22-19-17(25(18)20)8-9-21-19/h2-5,8-9,12,15-16,21H,6-7,10-11H2,1H3/t15-,16+/m0/s1. The molecule has 5 nitrogen and oxygen atoms in total. The van der Waals surface area contributed by atoms with Crippen LogP contribution >= 0.6 is 0 Å². The summed E-state index contributed by atoms with van der Waals surface area (Å²) in [6.07, 6.45) is 8.52. The Kier molecular flexibility index (Phi) is 3.33.